The van der Waals surface area contributed by atoms with Crippen LogP contribution in [0.1, 0.15) is 30.9 Å². The van der Waals surface area contributed by atoms with Gasteiger partial charge in [0.1, 0.15) is 0 Å². The highest BCUT2D eigenvalue weighted by Gasteiger charge is 2.14. The predicted molar refractivity (Wildman–Crippen MR) is 85.9 cm³/mol. The lowest BCUT2D eigenvalue weighted by Crippen LogP contribution is -2.37. The van der Waals surface area contributed by atoms with E-state index in [1.54, 1.807) is 6.07 Å². The summed E-state index contributed by atoms with van der Waals surface area (Å²) in [4.78, 5) is 2.49. The molecule has 5 nitrogen and oxygen atoms in total. The van der Waals surface area contributed by atoms with Gasteiger partial charge in [-0.2, -0.15) is 0 Å². The van der Waals surface area contributed by atoms with E-state index in [1.165, 1.54) is 25.9 Å². The lowest BCUT2D eigenvalue weighted by Gasteiger charge is -2.21. The Balaban J connectivity index is 1.87. The monoisotopic (exact) mass is 310 g/mol. The molecular weight excluding hydrogens is 288 g/mol. The molecule has 0 aromatic heterocycles. The lowest BCUT2D eigenvalue weighted by atomic mass is 10.1. The molecule has 0 amide bonds. The summed E-state index contributed by atoms with van der Waals surface area (Å²) in [7, 11) is 0. The number of hydrogen-bond donors (Lipinski definition) is 3. The van der Waals surface area contributed by atoms with Crippen molar-refractivity contribution in [1.29, 1.82) is 0 Å². The van der Waals surface area contributed by atoms with Crippen LogP contribution in [0.2, 0.25) is 5.02 Å². The van der Waals surface area contributed by atoms with Gasteiger partial charge in [-0.25, -0.2) is 0 Å². The van der Waals surface area contributed by atoms with Gasteiger partial charge in [-0.3, -0.25) is 0 Å². The van der Waals surface area contributed by atoms with Crippen molar-refractivity contribution in [2.24, 2.45) is 10.9 Å². The first-order valence-electron chi connectivity index (χ1n) is 7.32. The van der Waals surface area contributed by atoms with Gasteiger partial charge in [0.25, 0.3) is 0 Å². The van der Waals surface area contributed by atoms with Gasteiger partial charge in [0.15, 0.2) is 5.84 Å². The third-order valence-electron chi connectivity index (χ3n) is 3.83. The van der Waals surface area contributed by atoms with E-state index >= 15 is 0 Å². The van der Waals surface area contributed by atoms with Crippen LogP contribution in [0, 0.1) is 0 Å². The second-order valence-corrected chi connectivity index (χ2v) is 5.99. The standard InChI is InChI=1S/C15H23ClN4O/c1-11(10-20-6-2-3-7-20)18-9-13-5-4-12(8-14(13)16)15(17)19-21/h4-5,8,11,18,21H,2-3,6-7,9-10H2,1H3,(H2,17,19). The molecule has 0 aliphatic carbocycles. The molecule has 0 saturated carbocycles. The van der Waals surface area contributed by atoms with Gasteiger partial charge in [0.05, 0.1) is 0 Å². The van der Waals surface area contributed by atoms with Crippen LogP contribution < -0.4 is 11.1 Å². The third kappa shape index (κ3) is 4.59. The molecule has 1 aliphatic rings. The summed E-state index contributed by atoms with van der Waals surface area (Å²) in [6.07, 6.45) is 2.63. The maximum Gasteiger partial charge on any atom is 0.170 e. The first-order chi connectivity index (χ1) is 10.1. The average Bonchev–Trinajstić information content (AvgIpc) is 2.98. The van der Waals surface area contributed by atoms with E-state index in [1.807, 2.05) is 12.1 Å². The molecule has 1 aromatic rings. The van der Waals surface area contributed by atoms with Gasteiger partial charge < -0.3 is 21.2 Å². The summed E-state index contributed by atoms with van der Waals surface area (Å²) in [5.74, 6) is 0.0683. The Morgan fingerprint density at radius 3 is 2.81 bits per heavy atom. The van der Waals surface area contributed by atoms with E-state index < -0.39 is 0 Å². The predicted octanol–water partition coefficient (Wildman–Crippen LogP) is 2.01. The zero-order valence-corrected chi connectivity index (χ0v) is 13.1. The summed E-state index contributed by atoms with van der Waals surface area (Å²) in [6.45, 7) is 6.39. The SMILES string of the molecule is CC(CN1CCCC1)NCc1ccc(/C(N)=N/O)cc1Cl. The van der Waals surface area contributed by atoms with Crippen LogP contribution in [0.5, 0.6) is 0 Å². The minimum absolute atomic E-state index is 0.0683. The largest absolute Gasteiger partial charge is 0.409 e. The molecule has 1 atom stereocenters. The van der Waals surface area contributed by atoms with E-state index in [-0.39, 0.29) is 5.84 Å². The van der Waals surface area contributed by atoms with Crippen LogP contribution in [-0.2, 0) is 6.54 Å². The number of nitrogens with two attached hydrogens (primary N) is 1. The molecule has 1 heterocycles. The number of benzene rings is 1. The molecule has 1 fully saturated rings. The first-order valence-corrected chi connectivity index (χ1v) is 7.70. The van der Waals surface area contributed by atoms with Gasteiger partial charge in [-0.1, -0.05) is 28.9 Å². The second-order valence-electron chi connectivity index (χ2n) is 5.58. The molecular formula is C15H23ClN4O. The minimum atomic E-state index is 0.0683. The Hall–Kier alpha value is -1.30. The normalized spacial score (nSPS) is 18.1. The molecule has 0 radical (unpaired) electrons. The number of hydrogen-bond acceptors (Lipinski definition) is 4. The van der Waals surface area contributed by atoms with Crippen molar-refractivity contribution in [3.8, 4) is 0 Å². The highest BCUT2D eigenvalue weighted by Crippen LogP contribution is 2.18. The molecule has 1 saturated heterocycles. The van der Waals surface area contributed by atoms with Crippen molar-refractivity contribution in [3.05, 3.63) is 34.3 Å². The highest BCUT2D eigenvalue weighted by atomic mass is 35.5. The molecule has 4 N–H and O–H groups in total. The fourth-order valence-corrected chi connectivity index (χ4v) is 2.86. The quantitative estimate of drug-likeness (QED) is 0.325. The van der Waals surface area contributed by atoms with Crippen molar-refractivity contribution in [2.75, 3.05) is 19.6 Å². The Labute approximate surface area is 130 Å². The first kappa shape index (κ1) is 16.1. The van der Waals surface area contributed by atoms with E-state index in [0.29, 0.717) is 23.2 Å². The van der Waals surface area contributed by atoms with E-state index in [9.17, 15) is 0 Å². The Kier molecular flexibility index (Phi) is 5.85. The molecule has 1 aliphatic heterocycles. The Morgan fingerprint density at radius 1 is 1.48 bits per heavy atom. The molecule has 0 bridgehead atoms. The Morgan fingerprint density at radius 2 is 2.19 bits per heavy atom. The number of halogens is 1. The number of amidine groups is 1. The topological polar surface area (TPSA) is 73.9 Å². The molecule has 1 aromatic carbocycles. The van der Waals surface area contributed by atoms with Gasteiger partial charge in [0, 0.05) is 29.7 Å². The molecule has 0 spiro atoms. The van der Waals surface area contributed by atoms with E-state index in [0.717, 1.165) is 12.1 Å². The number of nitrogens with zero attached hydrogens (tertiary/aromatic N) is 2. The maximum absolute atomic E-state index is 8.66. The summed E-state index contributed by atoms with van der Waals surface area (Å²) < 4.78 is 0. The molecule has 21 heavy (non-hydrogen) atoms. The van der Waals surface area contributed by atoms with Crippen LogP contribution in [0.15, 0.2) is 23.4 Å². The molecule has 1 unspecified atom stereocenters. The van der Waals surface area contributed by atoms with Crippen LogP contribution in [-0.4, -0.2) is 41.6 Å². The van der Waals surface area contributed by atoms with Crippen molar-refractivity contribution < 1.29 is 5.21 Å². The fraction of sp³-hybridized carbons (Fsp3) is 0.533. The zero-order valence-electron chi connectivity index (χ0n) is 12.3. The Bertz CT molecular complexity index is 500. The summed E-state index contributed by atoms with van der Waals surface area (Å²) in [5, 5.41) is 15.8. The average molecular weight is 311 g/mol. The van der Waals surface area contributed by atoms with Crippen LogP contribution >= 0.6 is 11.6 Å². The van der Waals surface area contributed by atoms with Crippen molar-refractivity contribution in [2.45, 2.75) is 32.4 Å². The summed E-state index contributed by atoms with van der Waals surface area (Å²) >= 11 is 6.24. The smallest absolute Gasteiger partial charge is 0.170 e. The van der Waals surface area contributed by atoms with Gasteiger partial charge in [-0.05, 0) is 44.5 Å². The summed E-state index contributed by atoms with van der Waals surface area (Å²) in [5.41, 5.74) is 7.18. The van der Waals surface area contributed by atoms with Crippen molar-refractivity contribution in [1.82, 2.24) is 10.2 Å². The lowest BCUT2D eigenvalue weighted by molar-refractivity contribution is 0.298. The minimum Gasteiger partial charge on any atom is -0.409 e. The number of likely N-dealkylation sites (tertiary alicyclic amines) is 1. The highest BCUT2D eigenvalue weighted by molar-refractivity contribution is 6.31. The second kappa shape index (κ2) is 7.64. The number of nitrogens with one attached hydrogen (secondary N) is 1. The van der Waals surface area contributed by atoms with Gasteiger partial charge in [0.2, 0.25) is 0 Å². The van der Waals surface area contributed by atoms with Gasteiger partial charge >= 0.3 is 0 Å². The maximum atomic E-state index is 8.66. The molecule has 2 rings (SSSR count). The molecule has 6 heteroatoms. The van der Waals surface area contributed by atoms with Gasteiger partial charge in [-0.15, -0.1) is 0 Å². The van der Waals surface area contributed by atoms with Crippen molar-refractivity contribution in [3.63, 3.8) is 0 Å². The number of oxime groups is 1. The molecule has 116 valence electrons. The third-order valence-corrected chi connectivity index (χ3v) is 4.18. The van der Waals surface area contributed by atoms with Crippen LogP contribution in [0.3, 0.4) is 0 Å². The van der Waals surface area contributed by atoms with E-state index in [2.05, 4.69) is 22.3 Å². The fourth-order valence-electron chi connectivity index (χ4n) is 2.61. The zero-order chi connectivity index (χ0) is 15.2. The van der Waals surface area contributed by atoms with Crippen LogP contribution in [0.25, 0.3) is 0 Å². The number of rotatable bonds is 6. The summed E-state index contributed by atoms with van der Waals surface area (Å²) in [6, 6.07) is 5.86. The van der Waals surface area contributed by atoms with Crippen LogP contribution in [0.4, 0.5) is 0 Å². The van der Waals surface area contributed by atoms with Crippen molar-refractivity contribution >= 4 is 17.4 Å². The van der Waals surface area contributed by atoms with E-state index in [4.69, 9.17) is 22.5 Å².